The zero-order chi connectivity index (χ0) is 16.8. The SMILES string of the molecule is Oc1cccc(C(O)CNCc2ccc(-c3ccccc3)cc2)c1. The van der Waals surface area contributed by atoms with Crippen molar-refractivity contribution in [3.63, 3.8) is 0 Å². The number of nitrogens with one attached hydrogen (secondary N) is 1. The first-order valence-electron chi connectivity index (χ1n) is 8.04. The van der Waals surface area contributed by atoms with Crippen LogP contribution in [-0.4, -0.2) is 16.8 Å². The molecule has 3 rings (SSSR count). The molecule has 0 bridgehead atoms. The molecule has 0 aliphatic carbocycles. The number of benzene rings is 3. The molecule has 0 aliphatic rings. The Morgan fingerprint density at radius 2 is 1.50 bits per heavy atom. The van der Waals surface area contributed by atoms with Crippen LogP contribution in [0.2, 0.25) is 0 Å². The Morgan fingerprint density at radius 1 is 0.792 bits per heavy atom. The molecule has 0 aliphatic heterocycles. The Labute approximate surface area is 142 Å². The van der Waals surface area contributed by atoms with Crippen molar-refractivity contribution in [3.8, 4) is 16.9 Å². The lowest BCUT2D eigenvalue weighted by molar-refractivity contribution is 0.174. The largest absolute Gasteiger partial charge is 0.508 e. The second-order valence-corrected chi connectivity index (χ2v) is 5.80. The molecule has 3 aromatic rings. The van der Waals surface area contributed by atoms with E-state index < -0.39 is 6.10 Å². The van der Waals surface area contributed by atoms with Gasteiger partial charge in [-0.05, 0) is 34.4 Å². The van der Waals surface area contributed by atoms with Gasteiger partial charge in [0, 0.05) is 13.1 Å². The standard InChI is InChI=1S/C21H21NO2/c23-20-8-4-7-19(13-20)21(24)15-22-14-16-9-11-18(12-10-16)17-5-2-1-3-6-17/h1-13,21-24H,14-15H2. The molecule has 0 aromatic heterocycles. The van der Waals surface area contributed by atoms with Gasteiger partial charge in [-0.1, -0.05) is 66.7 Å². The summed E-state index contributed by atoms with van der Waals surface area (Å²) >= 11 is 0. The van der Waals surface area contributed by atoms with E-state index in [1.54, 1.807) is 24.3 Å². The van der Waals surface area contributed by atoms with E-state index in [-0.39, 0.29) is 5.75 Å². The highest BCUT2D eigenvalue weighted by atomic mass is 16.3. The lowest BCUT2D eigenvalue weighted by Gasteiger charge is -2.13. The predicted molar refractivity (Wildman–Crippen MR) is 96.7 cm³/mol. The van der Waals surface area contributed by atoms with Crippen molar-refractivity contribution in [3.05, 3.63) is 90.0 Å². The van der Waals surface area contributed by atoms with E-state index in [4.69, 9.17) is 0 Å². The maximum Gasteiger partial charge on any atom is 0.115 e. The number of phenolic OH excluding ortho intramolecular Hbond substituents is 1. The third kappa shape index (κ3) is 4.22. The zero-order valence-electron chi connectivity index (χ0n) is 13.4. The average Bonchev–Trinajstić information content (AvgIpc) is 2.63. The average molecular weight is 319 g/mol. The summed E-state index contributed by atoms with van der Waals surface area (Å²) in [4.78, 5) is 0. The molecule has 3 nitrogen and oxygen atoms in total. The molecule has 3 aromatic carbocycles. The predicted octanol–water partition coefficient (Wildman–Crippen LogP) is 3.88. The van der Waals surface area contributed by atoms with Gasteiger partial charge >= 0.3 is 0 Å². The van der Waals surface area contributed by atoms with Crippen LogP contribution in [0.15, 0.2) is 78.9 Å². The fraction of sp³-hybridized carbons (Fsp3) is 0.143. The minimum Gasteiger partial charge on any atom is -0.508 e. The first-order chi connectivity index (χ1) is 11.7. The highest BCUT2D eigenvalue weighted by molar-refractivity contribution is 5.63. The highest BCUT2D eigenvalue weighted by Crippen LogP contribution is 2.20. The Hall–Kier alpha value is -2.62. The fourth-order valence-electron chi connectivity index (χ4n) is 2.65. The van der Waals surface area contributed by atoms with E-state index in [9.17, 15) is 10.2 Å². The quantitative estimate of drug-likeness (QED) is 0.646. The van der Waals surface area contributed by atoms with Gasteiger partial charge < -0.3 is 15.5 Å². The second-order valence-electron chi connectivity index (χ2n) is 5.80. The molecule has 3 N–H and O–H groups in total. The molecule has 1 atom stereocenters. The van der Waals surface area contributed by atoms with Gasteiger partial charge in [0.1, 0.15) is 5.75 Å². The monoisotopic (exact) mass is 319 g/mol. The van der Waals surface area contributed by atoms with Gasteiger partial charge in [-0.25, -0.2) is 0 Å². The summed E-state index contributed by atoms with van der Waals surface area (Å²) in [6.45, 7) is 1.12. The van der Waals surface area contributed by atoms with Gasteiger partial charge in [-0.2, -0.15) is 0 Å². The lowest BCUT2D eigenvalue weighted by Crippen LogP contribution is -2.21. The fourth-order valence-corrected chi connectivity index (χ4v) is 2.65. The number of aliphatic hydroxyl groups excluding tert-OH is 1. The van der Waals surface area contributed by atoms with Crippen LogP contribution in [0.5, 0.6) is 5.75 Å². The summed E-state index contributed by atoms with van der Waals surface area (Å²) in [6, 6.07) is 25.4. The van der Waals surface area contributed by atoms with E-state index in [0.29, 0.717) is 18.7 Å². The van der Waals surface area contributed by atoms with Crippen LogP contribution >= 0.6 is 0 Å². The molecule has 0 saturated carbocycles. The van der Waals surface area contributed by atoms with Gasteiger partial charge in [0.15, 0.2) is 0 Å². The van der Waals surface area contributed by atoms with Gasteiger partial charge in [-0.3, -0.25) is 0 Å². The Morgan fingerprint density at radius 3 is 2.21 bits per heavy atom. The molecule has 24 heavy (non-hydrogen) atoms. The van der Waals surface area contributed by atoms with Gasteiger partial charge in [0.2, 0.25) is 0 Å². The summed E-state index contributed by atoms with van der Waals surface area (Å²) < 4.78 is 0. The smallest absolute Gasteiger partial charge is 0.115 e. The van der Waals surface area contributed by atoms with Crippen molar-refractivity contribution in [2.75, 3.05) is 6.54 Å². The first-order valence-corrected chi connectivity index (χ1v) is 8.04. The summed E-state index contributed by atoms with van der Waals surface area (Å²) in [5.74, 6) is 0.169. The molecule has 3 heteroatoms. The normalized spacial score (nSPS) is 12.0. The maximum absolute atomic E-state index is 10.1. The molecule has 0 heterocycles. The van der Waals surface area contributed by atoms with Crippen molar-refractivity contribution in [2.24, 2.45) is 0 Å². The third-order valence-corrected chi connectivity index (χ3v) is 3.98. The van der Waals surface area contributed by atoms with Crippen LogP contribution in [0, 0.1) is 0 Å². The Kier molecular flexibility index (Phi) is 5.26. The molecule has 0 saturated heterocycles. The van der Waals surface area contributed by atoms with E-state index in [1.165, 1.54) is 11.1 Å². The van der Waals surface area contributed by atoms with Crippen molar-refractivity contribution in [2.45, 2.75) is 12.6 Å². The summed E-state index contributed by atoms with van der Waals surface area (Å²) in [5, 5.41) is 22.8. The molecule has 0 spiro atoms. The number of rotatable bonds is 6. The van der Waals surface area contributed by atoms with Crippen molar-refractivity contribution >= 4 is 0 Å². The van der Waals surface area contributed by atoms with E-state index in [0.717, 1.165) is 5.56 Å². The van der Waals surface area contributed by atoms with Crippen LogP contribution < -0.4 is 5.32 Å². The van der Waals surface area contributed by atoms with Crippen LogP contribution in [0.25, 0.3) is 11.1 Å². The Bertz CT molecular complexity index is 769. The van der Waals surface area contributed by atoms with Crippen molar-refractivity contribution in [1.82, 2.24) is 5.32 Å². The van der Waals surface area contributed by atoms with Crippen molar-refractivity contribution in [1.29, 1.82) is 0 Å². The Balaban J connectivity index is 1.54. The first kappa shape index (κ1) is 16.2. The number of hydrogen-bond donors (Lipinski definition) is 3. The molecule has 122 valence electrons. The van der Waals surface area contributed by atoms with Crippen molar-refractivity contribution < 1.29 is 10.2 Å². The maximum atomic E-state index is 10.1. The molecular weight excluding hydrogens is 298 g/mol. The second kappa shape index (κ2) is 7.77. The van der Waals surface area contributed by atoms with Gasteiger partial charge in [-0.15, -0.1) is 0 Å². The molecule has 0 radical (unpaired) electrons. The van der Waals surface area contributed by atoms with E-state index in [1.807, 2.05) is 18.2 Å². The summed E-state index contributed by atoms with van der Waals surface area (Å²) in [6.07, 6.45) is -0.638. The van der Waals surface area contributed by atoms with Crippen LogP contribution in [0.1, 0.15) is 17.2 Å². The van der Waals surface area contributed by atoms with Crippen LogP contribution in [-0.2, 0) is 6.54 Å². The third-order valence-electron chi connectivity index (χ3n) is 3.98. The molecule has 0 amide bonds. The van der Waals surface area contributed by atoms with E-state index in [2.05, 4.69) is 41.7 Å². The topological polar surface area (TPSA) is 52.5 Å². The summed E-state index contributed by atoms with van der Waals surface area (Å²) in [7, 11) is 0. The minimum atomic E-state index is -0.638. The number of hydrogen-bond acceptors (Lipinski definition) is 3. The number of aromatic hydroxyl groups is 1. The van der Waals surface area contributed by atoms with Crippen LogP contribution in [0.4, 0.5) is 0 Å². The summed E-state index contributed by atoms with van der Waals surface area (Å²) in [5.41, 5.74) is 4.27. The number of phenols is 1. The zero-order valence-corrected chi connectivity index (χ0v) is 13.4. The van der Waals surface area contributed by atoms with Crippen LogP contribution in [0.3, 0.4) is 0 Å². The molecule has 0 fully saturated rings. The molecule has 1 unspecified atom stereocenters. The van der Waals surface area contributed by atoms with Gasteiger partial charge in [0.25, 0.3) is 0 Å². The number of aliphatic hydroxyl groups is 1. The highest BCUT2D eigenvalue weighted by Gasteiger charge is 2.07. The lowest BCUT2D eigenvalue weighted by atomic mass is 10.0. The molecular formula is C21H21NO2. The van der Waals surface area contributed by atoms with E-state index >= 15 is 0 Å². The minimum absolute atomic E-state index is 0.169. The van der Waals surface area contributed by atoms with Gasteiger partial charge in [0.05, 0.1) is 6.10 Å².